The second-order valence-corrected chi connectivity index (χ2v) is 3.73. The van der Waals surface area contributed by atoms with Crippen molar-refractivity contribution in [2.75, 3.05) is 7.11 Å². The summed E-state index contributed by atoms with van der Waals surface area (Å²) >= 11 is 1.47. The Bertz CT molecular complexity index is 414. The topological polar surface area (TPSA) is 31.4 Å². The van der Waals surface area contributed by atoms with Crippen molar-refractivity contribution in [3.8, 4) is 10.9 Å². The van der Waals surface area contributed by atoms with Crippen LogP contribution in [0.2, 0.25) is 0 Å². The zero-order valence-electron chi connectivity index (χ0n) is 8.34. The number of benzene rings is 1. The van der Waals surface area contributed by atoms with E-state index in [4.69, 9.17) is 9.47 Å². The Kier molecular flexibility index (Phi) is 3.19. The van der Waals surface area contributed by atoms with Crippen LogP contribution >= 0.6 is 11.3 Å². The molecule has 0 aliphatic carbocycles. The molecule has 1 aromatic heterocycles. The van der Waals surface area contributed by atoms with Gasteiger partial charge in [-0.1, -0.05) is 29.5 Å². The van der Waals surface area contributed by atoms with Gasteiger partial charge >= 0.3 is 0 Å². The average molecular weight is 221 g/mol. The third-order valence-electron chi connectivity index (χ3n) is 1.84. The minimum atomic E-state index is 0.476. The summed E-state index contributed by atoms with van der Waals surface area (Å²) < 4.78 is 10.5. The molecule has 0 aliphatic rings. The Morgan fingerprint density at radius 3 is 2.73 bits per heavy atom. The number of para-hydroxylation sites is 1. The predicted molar refractivity (Wildman–Crippen MR) is 59.4 cm³/mol. The van der Waals surface area contributed by atoms with Crippen molar-refractivity contribution in [1.29, 1.82) is 0 Å². The van der Waals surface area contributed by atoms with Crippen molar-refractivity contribution < 1.29 is 9.47 Å². The first-order valence-corrected chi connectivity index (χ1v) is 5.42. The van der Waals surface area contributed by atoms with E-state index >= 15 is 0 Å². The number of methoxy groups -OCH3 is 1. The van der Waals surface area contributed by atoms with Crippen LogP contribution in [0.4, 0.5) is 0 Å². The lowest BCUT2D eigenvalue weighted by Gasteiger charge is -2.02. The molecule has 0 aliphatic heterocycles. The van der Waals surface area contributed by atoms with Crippen LogP contribution in [-0.2, 0) is 6.61 Å². The molecule has 1 heterocycles. The summed E-state index contributed by atoms with van der Waals surface area (Å²) in [6.07, 6.45) is 0. The molecule has 0 fully saturated rings. The van der Waals surface area contributed by atoms with Crippen LogP contribution in [0.15, 0.2) is 35.7 Å². The Labute approximate surface area is 92.3 Å². The van der Waals surface area contributed by atoms with Gasteiger partial charge in [0.1, 0.15) is 12.4 Å². The highest BCUT2D eigenvalue weighted by molar-refractivity contribution is 7.11. The van der Waals surface area contributed by atoms with E-state index in [1.807, 2.05) is 35.7 Å². The molecule has 0 N–H and O–H groups in total. The van der Waals surface area contributed by atoms with Gasteiger partial charge in [-0.05, 0) is 12.1 Å². The number of hydrogen-bond acceptors (Lipinski definition) is 4. The number of rotatable bonds is 4. The van der Waals surface area contributed by atoms with Gasteiger partial charge < -0.3 is 9.47 Å². The first-order valence-electron chi connectivity index (χ1n) is 4.55. The highest BCUT2D eigenvalue weighted by atomic mass is 32.1. The SMILES string of the molecule is COc1nc(COc2ccccc2)cs1. The van der Waals surface area contributed by atoms with Gasteiger partial charge in [0.15, 0.2) is 0 Å². The normalized spacial score (nSPS) is 9.93. The summed E-state index contributed by atoms with van der Waals surface area (Å²) in [5, 5.41) is 2.60. The summed E-state index contributed by atoms with van der Waals surface area (Å²) in [7, 11) is 1.61. The fourth-order valence-corrected chi connectivity index (χ4v) is 1.75. The fourth-order valence-electron chi connectivity index (χ4n) is 1.12. The smallest absolute Gasteiger partial charge is 0.273 e. The minimum absolute atomic E-state index is 0.476. The van der Waals surface area contributed by atoms with E-state index in [1.54, 1.807) is 7.11 Å². The zero-order chi connectivity index (χ0) is 10.5. The average Bonchev–Trinajstić information content (AvgIpc) is 2.76. The lowest BCUT2D eigenvalue weighted by atomic mass is 10.3. The quantitative estimate of drug-likeness (QED) is 0.795. The Morgan fingerprint density at radius 2 is 2.07 bits per heavy atom. The van der Waals surface area contributed by atoms with Gasteiger partial charge in [-0.3, -0.25) is 0 Å². The molecule has 15 heavy (non-hydrogen) atoms. The van der Waals surface area contributed by atoms with Crippen molar-refractivity contribution in [2.24, 2.45) is 0 Å². The second-order valence-electron chi connectivity index (χ2n) is 2.91. The minimum Gasteiger partial charge on any atom is -0.487 e. The number of nitrogens with zero attached hydrogens (tertiary/aromatic N) is 1. The molecule has 0 saturated heterocycles. The predicted octanol–water partition coefficient (Wildman–Crippen LogP) is 2.73. The summed E-state index contributed by atoms with van der Waals surface area (Å²) in [6.45, 7) is 0.476. The van der Waals surface area contributed by atoms with Crippen LogP contribution in [-0.4, -0.2) is 12.1 Å². The molecule has 3 nitrogen and oxygen atoms in total. The van der Waals surface area contributed by atoms with Crippen molar-refractivity contribution in [3.05, 3.63) is 41.4 Å². The fraction of sp³-hybridized carbons (Fsp3) is 0.182. The largest absolute Gasteiger partial charge is 0.487 e. The maximum atomic E-state index is 5.54. The molecule has 4 heteroatoms. The van der Waals surface area contributed by atoms with E-state index in [-0.39, 0.29) is 0 Å². The Balaban J connectivity index is 1.93. The summed E-state index contributed by atoms with van der Waals surface area (Å²) in [5.74, 6) is 0.851. The molecule has 1 aromatic carbocycles. The van der Waals surface area contributed by atoms with Crippen LogP contribution in [0, 0.1) is 0 Å². The van der Waals surface area contributed by atoms with Crippen LogP contribution in [0.5, 0.6) is 10.9 Å². The zero-order valence-corrected chi connectivity index (χ0v) is 9.16. The van der Waals surface area contributed by atoms with Crippen LogP contribution in [0.3, 0.4) is 0 Å². The molecule has 0 saturated carbocycles. The van der Waals surface area contributed by atoms with E-state index in [1.165, 1.54) is 11.3 Å². The first-order chi connectivity index (χ1) is 7.38. The second kappa shape index (κ2) is 4.79. The van der Waals surface area contributed by atoms with Crippen LogP contribution in [0.25, 0.3) is 0 Å². The van der Waals surface area contributed by atoms with Crippen LogP contribution < -0.4 is 9.47 Å². The van der Waals surface area contributed by atoms with E-state index in [0.717, 1.165) is 11.4 Å². The van der Waals surface area contributed by atoms with Crippen LogP contribution in [0.1, 0.15) is 5.69 Å². The monoisotopic (exact) mass is 221 g/mol. The third kappa shape index (κ3) is 2.70. The summed E-state index contributed by atoms with van der Waals surface area (Å²) in [4.78, 5) is 4.22. The van der Waals surface area contributed by atoms with Gasteiger partial charge in [0.05, 0.1) is 12.8 Å². The summed E-state index contributed by atoms with van der Waals surface area (Å²) in [6, 6.07) is 9.68. The molecule has 0 bridgehead atoms. The van der Waals surface area contributed by atoms with E-state index in [9.17, 15) is 0 Å². The Morgan fingerprint density at radius 1 is 1.27 bits per heavy atom. The van der Waals surface area contributed by atoms with Crippen molar-refractivity contribution in [1.82, 2.24) is 4.98 Å². The van der Waals surface area contributed by atoms with Gasteiger partial charge in [-0.2, -0.15) is 0 Å². The summed E-state index contributed by atoms with van der Waals surface area (Å²) in [5.41, 5.74) is 0.890. The lowest BCUT2D eigenvalue weighted by molar-refractivity contribution is 0.300. The molecular weight excluding hydrogens is 210 g/mol. The number of thiazole rings is 1. The molecule has 0 radical (unpaired) electrons. The van der Waals surface area contributed by atoms with E-state index in [0.29, 0.717) is 11.8 Å². The molecule has 78 valence electrons. The highest BCUT2D eigenvalue weighted by Crippen LogP contribution is 2.18. The van der Waals surface area contributed by atoms with Gasteiger partial charge in [0.25, 0.3) is 5.19 Å². The molecule has 0 unspecified atom stereocenters. The molecule has 0 amide bonds. The molecular formula is C11H11NO2S. The molecule has 2 aromatic rings. The van der Waals surface area contributed by atoms with E-state index in [2.05, 4.69) is 4.98 Å². The maximum Gasteiger partial charge on any atom is 0.273 e. The maximum absolute atomic E-state index is 5.54. The lowest BCUT2D eigenvalue weighted by Crippen LogP contribution is -1.95. The van der Waals surface area contributed by atoms with E-state index < -0.39 is 0 Å². The molecule has 0 spiro atoms. The first kappa shape index (κ1) is 9.98. The number of hydrogen-bond donors (Lipinski definition) is 0. The van der Waals surface area contributed by atoms with Gasteiger partial charge in [0.2, 0.25) is 0 Å². The van der Waals surface area contributed by atoms with Crippen molar-refractivity contribution in [2.45, 2.75) is 6.61 Å². The molecule has 2 rings (SSSR count). The van der Waals surface area contributed by atoms with Crippen molar-refractivity contribution >= 4 is 11.3 Å². The number of ether oxygens (including phenoxy) is 2. The number of aromatic nitrogens is 1. The third-order valence-corrected chi connectivity index (χ3v) is 2.68. The van der Waals surface area contributed by atoms with Gasteiger partial charge in [-0.15, -0.1) is 0 Å². The van der Waals surface area contributed by atoms with Crippen molar-refractivity contribution in [3.63, 3.8) is 0 Å². The van der Waals surface area contributed by atoms with Gasteiger partial charge in [-0.25, -0.2) is 4.98 Å². The van der Waals surface area contributed by atoms with Gasteiger partial charge in [0, 0.05) is 5.38 Å². The standard InChI is InChI=1S/C11H11NO2S/c1-13-11-12-9(8-15-11)7-14-10-5-3-2-4-6-10/h2-6,8H,7H2,1H3. The highest BCUT2D eigenvalue weighted by Gasteiger charge is 2.01. The Hall–Kier alpha value is -1.55. The molecule has 0 atom stereocenters.